The molecule has 0 amide bonds. The molecule has 136 valence electrons. The topological polar surface area (TPSA) is 80.9 Å². The molecule has 0 unspecified atom stereocenters. The van der Waals surface area contributed by atoms with Crippen molar-refractivity contribution in [2.75, 3.05) is 60.6 Å². The zero-order valence-electron chi connectivity index (χ0n) is 15.0. The van der Waals surface area contributed by atoms with Gasteiger partial charge in [-0.3, -0.25) is 4.79 Å². The first-order valence-corrected chi connectivity index (χ1v) is 8.15. The second-order valence-electron chi connectivity index (χ2n) is 5.21. The summed E-state index contributed by atoms with van der Waals surface area (Å²) in [7, 11) is 5.56. The number of Topliss-reactive ketones (excluding diaryl/α,β-unsaturated/α-hetero) is 1. The molecule has 0 saturated carbocycles. The summed E-state index contributed by atoms with van der Waals surface area (Å²) < 4.78 is 17.4. The first kappa shape index (κ1) is 20.2. The van der Waals surface area contributed by atoms with E-state index in [9.17, 15) is 4.79 Å². The van der Waals surface area contributed by atoms with Crippen LogP contribution >= 0.6 is 0 Å². The normalized spacial score (nSPS) is 10.5. The third-order valence-electron chi connectivity index (χ3n) is 3.25. The Hall–Kier alpha value is -1.83. The summed E-state index contributed by atoms with van der Waals surface area (Å²) in [6.45, 7) is 5.01. The van der Waals surface area contributed by atoms with E-state index in [4.69, 9.17) is 14.2 Å². The Morgan fingerprint density at radius 1 is 0.833 bits per heavy atom. The van der Waals surface area contributed by atoms with Crippen LogP contribution in [0.15, 0.2) is 12.1 Å². The van der Waals surface area contributed by atoms with Crippen molar-refractivity contribution < 1.29 is 19.0 Å². The summed E-state index contributed by atoms with van der Waals surface area (Å²) in [6.07, 6.45) is 0. The Labute approximate surface area is 144 Å². The molecule has 0 atom stereocenters. The van der Waals surface area contributed by atoms with Crippen molar-refractivity contribution in [1.29, 1.82) is 0 Å². The Morgan fingerprint density at radius 2 is 1.25 bits per heavy atom. The predicted octanol–water partition coefficient (Wildman–Crippen LogP) is 0.684. The maximum atomic E-state index is 11.8. The van der Waals surface area contributed by atoms with Crippen LogP contribution in [0.3, 0.4) is 0 Å². The largest absolute Gasteiger partial charge is 0.488 e. The number of carbonyl (C=O) groups is 1. The number of nitrogens with one attached hydrogen (secondary N) is 3. The third-order valence-corrected chi connectivity index (χ3v) is 3.25. The van der Waals surface area contributed by atoms with Crippen LogP contribution in [0.4, 0.5) is 0 Å². The lowest BCUT2D eigenvalue weighted by molar-refractivity contribution is 0.101. The van der Waals surface area contributed by atoms with Crippen LogP contribution in [0.25, 0.3) is 0 Å². The number of rotatable bonds is 13. The Bertz CT molecular complexity index is 478. The van der Waals surface area contributed by atoms with Crippen LogP contribution in [0, 0.1) is 0 Å². The zero-order valence-corrected chi connectivity index (χ0v) is 15.0. The number of hydrogen-bond acceptors (Lipinski definition) is 7. The van der Waals surface area contributed by atoms with E-state index in [1.807, 2.05) is 21.1 Å². The highest BCUT2D eigenvalue weighted by Gasteiger charge is 2.17. The summed E-state index contributed by atoms with van der Waals surface area (Å²) in [5.74, 6) is 1.53. The van der Waals surface area contributed by atoms with E-state index in [1.165, 1.54) is 6.92 Å². The van der Waals surface area contributed by atoms with Gasteiger partial charge in [0.05, 0.1) is 0 Å². The number of hydrogen-bond donors (Lipinski definition) is 3. The van der Waals surface area contributed by atoms with E-state index in [-0.39, 0.29) is 5.78 Å². The van der Waals surface area contributed by atoms with Crippen molar-refractivity contribution in [3.8, 4) is 17.2 Å². The Kier molecular flexibility index (Phi) is 9.83. The second kappa shape index (κ2) is 11.7. The molecule has 0 spiro atoms. The van der Waals surface area contributed by atoms with E-state index < -0.39 is 0 Å². The number of carbonyl (C=O) groups excluding carboxylic acids is 1. The van der Waals surface area contributed by atoms with Crippen LogP contribution in [0.5, 0.6) is 17.2 Å². The van der Waals surface area contributed by atoms with E-state index in [0.717, 1.165) is 0 Å². The van der Waals surface area contributed by atoms with E-state index in [0.29, 0.717) is 62.3 Å². The maximum absolute atomic E-state index is 11.8. The minimum absolute atomic E-state index is 0.0475. The van der Waals surface area contributed by atoms with Crippen LogP contribution in [0.2, 0.25) is 0 Å². The number of likely N-dealkylation sites (N-methyl/N-ethyl adjacent to an activating group) is 3. The molecule has 0 heterocycles. The third kappa shape index (κ3) is 6.74. The highest BCUT2D eigenvalue weighted by Crippen LogP contribution is 2.39. The van der Waals surface area contributed by atoms with Gasteiger partial charge in [0, 0.05) is 25.2 Å². The van der Waals surface area contributed by atoms with Gasteiger partial charge in [-0.25, -0.2) is 0 Å². The summed E-state index contributed by atoms with van der Waals surface area (Å²) in [5, 5.41) is 9.07. The maximum Gasteiger partial charge on any atom is 0.203 e. The fourth-order valence-electron chi connectivity index (χ4n) is 1.92. The zero-order chi connectivity index (χ0) is 17.8. The highest BCUT2D eigenvalue weighted by atomic mass is 16.5. The number of ether oxygens (including phenoxy) is 3. The summed E-state index contributed by atoms with van der Waals surface area (Å²) in [4.78, 5) is 11.8. The van der Waals surface area contributed by atoms with Crippen molar-refractivity contribution in [3.05, 3.63) is 17.7 Å². The fourth-order valence-corrected chi connectivity index (χ4v) is 1.92. The van der Waals surface area contributed by atoms with E-state index in [1.54, 1.807) is 12.1 Å². The molecule has 24 heavy (non-hydrogen) atoms. The number of ketones is 1. The molecular weight excluding hydrogens is 310 g/mol. The van der Waals surface area contributed by atoms with Crippen LogP contribution < -0.4 is 30.2 Å². The molecule has 3 N–H and O–H groups in total. The van der Waals surface area contributed by atoms with Gasteiger partial charge in [-0.1, -0.05) is 0 Å². The van der Waals surface area contributed by atoms with Crippen molar-refractivity contribution in [2.45, 2.75) is 6.92 Å². The molecule has 0 aliphatic heterocycles. The lowest BCUT2D eigenvalue weighted by Crippen LogP contribution is -2.20. The second-order valence-corrected chi connectivity index (χ2v) is 5.21. The first-order chi connectivity index (χ1) is 11.6. The molecule has 7 heteroatoms. The van der Waals surface area contributed by atoms with Crippen molar-refractivity contribution in [1.82, 2.24) is 16.0 Å². The van der Waals surface area contributed by atoms with E-state index in [2.05, 4.69) is 16.0 Å². The molecule has 1 rings (SSSR count). The predicted molar refractivity (Wildman–Crippen MR) is 94.7 cm³/mol. The molecule has 0 aliphatic rings. The highest BCUT2D eigenvalue weighted by molar-refractivity contribution is 5.95. The molecule has 1 aromatic carbocycles. The van der Waals surface area contributed by atoms with Crippen molar-refractivity contribution >= 4 is 5.78 Å². The Morgan fingerprint density at radius 3 is 1.62 bits per heavy atom. The standard InChI is InChI=1S/C17H29N3O4/c1-13(21)14-11-15(22-8-5-18-2)17(24-10-7-20-4)16(12-14)23-9-6-19-3/h11-12,18-20H,5-10H2,1-4H3. The van der Waals surface area contributed by atoms with Gasteiger partial charge >= 0.3 is 0 Å². The molecule has 0 aromatic heterocycles. The molecular formula is C17H29N3O4. The van der Waals surface area contributed by atoms with Crippen molar-refractivity contribution in [3.63, 3.8) is 0 Å². The van der Waals surface area contributed by atoms with Gasteiger partial charge in [-0.05, 0) is 40.2 Å². The summed E-state index contributed by atoms with van der Waals surface area (Å²) in [5.41, 5.74) is 0.537. The average molecular weight is 339 g/mol. The lowest BCUT2D eigenvalue weighted by atomic mass is 10.1. The summed E-state index contributed by atoms with van der Waals surface area (Å²) in [6, 6.07) is 3.41. The van der Waals surface area contributed by atoms with Gasteiger partial charge in [-0.15, -0.1) is 0 Å². The molecule has 0 radical (unpaired) electrons. The molecule has 1 aromatic rings. The summed E-state index contributed by atoms with van der Waals surface area (Å²) >= 11 is 0. The van der Waals surface area contributed by atoms with E-state index >= 15 is 0 Å². The minimum atomic E-state index is -0.0475. The van der Waals surface area contributed by atoms with Gasteiger partial charge in [0.15, 0.2) is 17.3 Å². The van der Waals surface area contributed by atoms with Gasteiger partial charge in [-0.2, -0.15) is 0 Å². The smallest absolute Gasteiger partial charge is 0.203 e. The lowest BCUT2D eigenvalue weighted by Gasteiger charge is -2.18. The van der Waals surface area contributed by atoms with Crippen LogP contribution in [0.1, 0.15) is 17.3 Å². The minimum Gasteiger partial charge on any atom is -0.488 e. The first-order valence-electron chi connectivity index (χ1n) is 8.15. The van der Waals surface area contributed by atoms with Crippen LogP contribution in [-0.4, -0.2) is 66.4 Å². The fraction of sp³-hybridized carbons (Fsp3) is 0.588. The Balaban J connectivity index is 3.08. The van der Waals surface area contributed by atoms with Crippen LogP contribution in [-0.2, 0) is 0 Å². The molecule has 7 nitrogen and oxygen atoms in total. The van der Waals surface area contributed by atoms with Crippen molar-refractivity contribution in [2.24, 2.45) is 0 Å². The van der Waals surface area contributed by atoms with Gasteiger partial charge in [0.1, 0.15) is 19.8 Å². The molecule has 0 saturated heterocycles. The van der Waals surface area contributed by atoms with Gasteiger partial charge in [0.2, 0.25) is 5.75 Å². The number of benzene rings is 1. The van der Waals surface area contributed by atoms with Gasteiger partial charge in [0.25, 0.3) is 0 Å². The molecule has 0 bridgehead atoms. The van der Waals surface area contributed by atoms with Gasteiger partial charge < -0.3 is 30.2 Å². The monoisotopic (exact) mass is 339 g/mol. The SMILES string of the molecule is CNCCOc1cc(C(C)=O)cc(OCCNC)c1OCCNC. The quantitative estimate of drug-likeness (QED) is 0.360. The molecule has 0 aliphatic carbocycles. The molecule has 0 fully saturated rings. The average Bonchev–Trinajstić information content (AvgIpc) is 2.56.